The van der Waals surface area contributed by atoms with Crippen molar-refractivity contribution in [2.24, 2.45) is 0 Å². The lowest BCUT2D eigenvalue weighted by Crippen LogP contribution is -2.01. The summed E-state index contributed by atoms with van der Waals surface area (Å²) in [7, 11) is 0. The Labute approximate surface area is 94.0 Å². The number of aryl methyl sites for hydroxylation is 1. The molecule has 2 aromatic rings. The van der Waals surface area contributed by atoms with E-state index >= 15 is 0 Å². The number of rotatable bonds is 4. The first-order valence-electron chi connectivity index (χ1n) is 5.19. The average Bonchev–Trinajstić information content (AvgIpc) is 2.38. The molecule has 4 heteroatoms. The first-order chi connectivity index (χ1) is 7.86. The van der Waals surface area contributed by atoms with Gasteiger partial charge in [-0.15, -0.1) is 0 Å². The van der Waals surface area contributed by atoms with Gasteiger partial charge in [0.1, 0.15) is 6.33 Å². The summed E-state index contributed by atoms with van der Waals surface area (Å²) in [5, 5.41) is 9.87. The van der Waals surface area contributed by atoms with E-state index < -0.39 is 6.10 Å². The second kappa shape index (κ2) is 5.32. The number of aliphatic hydroxyl groups is 1. The second-order valence-corrected chi connectivity index (χ2v) is 3.55. The quantitative estimate of drug-likeness (QED) is 0.840. The van der Waals surface area contributed by atoms with Crippen LogP contribution >= 0.6 is 0 Å². The van der Waals surface area contributed by atoms with Gasteiger partial charge in [-0.3, -0.25) is 4.98 Å². The molecule has 0 amide bonds. The molecule has 2 heterocycles. The Hall–Kier alpha value is -1.81. The molecule has 1 N–H and O–H groups in total. The highest BCUT2D eigenvalue weighted by Crippen LogP contribution is 2.16. The minimum atomic E-state index is -0.525. The van der Waals surface area contributed by atoms with Crippen LogP contribution in [0.25, 0.3) is 0 Å². The first kappa shape index (κ1) is 10.7. The van der Waals surface area contributed by atoms with Crippen molar-refractivity contribution in [3.8, 4) is 0 Å². The first-order valence-corrected chi connectivity index (χ1v) is 5.19. The highest BCUT2D eigenvalue weighted by Gasteiger charge is 2.08. The molecule has 82 valence electrons. The minimum absolute atomic E-state index is 0.525. The molecule has 0 radical (unpaired) electrons. The largest absolute Gasteiger partial charge is 0.388 e. The molecule has 0 fully saturated rings. The van der Waals surface area contributed by atoms with Gasteiger partial charge in [0.15, 0.2) is 0 Å². The zero-order valence-electron chi connectivity index (χ0n) is 8.82. The van der Waals surface area contributed by atoms with Crippen LogP contribution in [0.2, 0.25) is 0 Å². The molecule has 0 saturated carbocycles. The Morgan fingerprint density at radius 2 is 2.00 bits per heavy atom. The molecular formula is C12H13N3O. The van der Waals surface area contributed by atoms with Crippen LogP contribution < -0.4 is 0 Å². The molecular weight excluding hydrogens is 202 g/mol. The van der Waals surface area contributed by atoms with E-state index in [1.807, 2.05) is 18.2 Å². The second-order valence-electron chi connectivity index (χ2n) is 3.55. The van der Waals surface area contributed by atoms with Gasteiger partial charge in [-0.2, -0.15) is 0 Å². The third-order valence-electron chi connectivity index (χ3n) is 2.37. The third kappa shape index (κ3) is 2.84. The molecule has 0 aliphatic carbocycles. The van der Waals surface area contributed by atoms with Gasteiger partial charge in [-0.1, -0.05) is 6.07 Å². The maximum atomic E-state index is 9.87. The van der Waals surface area contributed by atoms with E-state index in [2.05, 4.69) is 15.0 Å². The van der Waals surface area contributed by atoms with Crippen LogP contribution in [0.1, 0.15) is 23.8 Å². The van der Waals surface area contributed by atoms with Gasteiger partial charge in [-0.05, 0) is 25.0 Å². The number of hydrogen-bond acceptors (Lipinski definition) is 4. The molecule has 2 rings (SSSR count). The highest BCUT2D eigenvalue weighted by atomic mass is 16.3. The van der Waals surface area contributed by atoms with Crippen LogP contribution in [-0.4, -0.2) is 20.1 Å². The predicted octanol–water partition coefficient (Wildman–Crippen LogP) is 1.54. The molecule has 0 aliphatic rings. The summed E-state index contributed by atoms with van der Waals surface area (Å²) in [5.41, 5.74) is 1.73. The molecule has 0 saturated heterocycles. The molecule has 1 atom stereocenters. The fraction of sp³-hybridized carbons (Fsp3) is 0.250. The van der Waals surface area contributed by atoms with Crippen molar-refractivity contribution in [1.29, 1.82) is 0 Å². The number of nitrogens with zero attached hydrogens (tertiary/aromatic N) is 3. The third-order valence-corrected chi connectivity index (χ3v) is 2.37. The lowest BCUT2D eigenvalue weighted by molar-refractivity contribution is 0.166. The predicted molar refractivity (Wildman–Crippen MR) is 59.5 cm³/mol. The Morgan fingerprint density at radius 1 is 1.19 bits per heavy atom. The standard InChI is InChI=1S/C12H13N3O/c16-12(10-7-13-9-14-8-10)5-4-11-3-1-2-6-15-11/h1-3,6-9,12,16H,4-5H2. The molecule has 16 heavy (non-hydrogen) atoms. The normalized spacial score (nSPS) is 12.3. The van der Waals surface area contributed by atoms with Crippen LogP contribution in [0, 0.1) is 0 Å². The van der Waals surface area contributed by atoms with Crippen LogP contribution in [0.5, 0.6) is 0 Å². The monoisotopic (exact) mass is 215 g/mol. The number of aliphatic hydroxyl groups excluding tert-OH is 1. The molecule has 1 unspecified atom stereocenters. The average molecular weight is 215 g/mol. The van der Waals surface area contributed by atoms with Crippen molar-refractivity contribution in [1.82, 2.24) is 15.0 Å². The van der Waals surface area contributed by atoms with Gasteiger partial charge in [0.2, 0.25) is 0 Å². The zero-order chi connectivity index (χ0) is 11.2. The van der Waals surface area contributed by atoms with E-state index in [-0.39, 0.29) is 0 Å². The van der Waals surface area contributed by atoms with Crippen molar-refractivity contribution in [2.75, 3.05) is 0 Å². The topological polar surface area (TPSA) is 58.9 Å². The number of hydrogen-bond donors (Lipinski definition) is 1. The zero-order valence-corrected chi connectivity index (χ0v) is 8.82. The van der Waals surface area contributed by atoms with Crippen LogP contribution in [0.3, 0.4) is 0 Å². The molecule has 0 bridgehead atoms. The molecule has 0 spiro atoms. The van der Waals surface area contributed by atoms with Gasteiger partial charge in [0, 0.05) is 29.8 Å². The van der Waals surface area contributed by atoms with Crippen molar-refractivity contribution >= 4 is 0 Å². The van der Waals surface area contributed by atoms with Gasteiger partial charge in [-0.25, -0.2) is 9.97 Å². The Bertz CT molecular complexity index is 419. The maximum absolute atomic E-state index is 9.87. The summed E-state index contributed by atoms with van der Waals surface area (Å²) in [4.78, 5) is 12.0. The summed E-state index contributed by atoms with van der Waals surface area (Å²) in [6.07, 6.45) is 7.33. The Kier molecular flexibility index (Phi) is 3.56. The molecule has 2 aromatic heterocycles. The lowest BCUT2D eigenvalue weighted by Gasteiger charge is -2.08. The smallest absolute Gasteiger partial charge is 0.115 e. The van der Waals surface area contributed by atoms with Gasteiger partial charge < -0.3 is 5.11 Å². The highest BCUT2D eigenvalue weighted by molar-refractivity contribution is 5.08. The summed E-state index contributed by atoms with van der Waals surface area (Å²) < 4.78 is 0. The SMILES string of the molecule is OC(CCc1ccccn1)c1cncnc1. The maximum Gasteiger partial charge on any atom is 0.115 e. The van der Waals surface area contributed by atoms with E-state index in [1.54, 1.807) is 18.6 Å². The summed E-state index contributed by atoms with van der Waals surface area (Å²) in [5.74, 6) is 0. The van der Waals surface area contributed by atoms with E-state index in [0.717, 1.165) is 17.7 Å². The number of aromatic nitrogens is 3. The summed E-state index contributed by atoms with van der Waals surface area (Å²) >= 11 is 0. The molecule has 4 nitrogen and oxygen atoms in total. The summed E-state index contributed by atoms with van der Waals surface area (Å²) in [6.45, 7) is 0. The fourth-order valence-electron chi connectivity index (χ4n) is 1.48. The van der Waals surface area contributed by atoms with Gasteiger partial charge in [0.25, 0.3) is 0 Å². The van der Waals surface area contributed by atoms with E-state index in [0.29, 0.717) is 6.42 Å². The van der Waals surface area contributed by atoms with Crippen molar-refractivity contribution in [3.05, 3.63) is 54.4 Å². The van der Waals surface area contributed by atoms with Crippen LogP contribution in [-0.2, 0) is 6.42 Å². The van der Waals surface area contributed by atoms with E-state index in [1.165, 1.54) is 6.33 Å². The lowest BCUT2D eigenvalue weighted by atomic mass is 10.1. The van der Waals surface area contributed by atoms with Gasteiger partial charge in [0.05, 0.1) is 6.10 Å². The van der Waals surface area contributed by atoms with Crippen molar-refractivity contribution < 1.29 is 5.11 Å². The number of pyridine rings is 1. The molecule has 0 aliphatic heterocycles. The van der Waals surface area contributed by atoms with E-state index in [9.17, 15) is 5.11 Å². The van der Waals surface area contributed by atoms with E-state index in [4.69, 9.17) is 0 Å². The summed E-state index contributed by atoms with van der Waals surface area (Å²) in [6, 6.07) is 5.78. The molecule has 0 aromatic carbocycles. The Morgan fingerprint density at radius 3 is 2.69 bits per heavy atom. The minimum Gasteiger partial charge on any atom is -0.388 e. The fourth-order valence-corrected chi connectivity index (χ4v) is 1.48. The van der Waals surface area contributed by atoms with Gasteiger partial charge >= 0.3 is 0 Å². The van der Waals surface area contributed by atoms with Crippen molar-refractivity contribution in [2.45, 2.75) is 18.9 Å². The van der Waals surface area contributed by atoms with Crippen LogP contribution in [0.4, 0.5) is 0 Å². The Balaban J connectivity index is 1.92. The van der Waals surface area contributed by atoms with Crippen LogP contribution in [0.15, 0.2) is 43.1 Å². The van der Waals surface area contributed by atoms with Crippen molar-refractivity contribution in [3.63, 3.8) is 0 Å².